The van der Waals surface area contributed by atoms with Crippen molar-refractivity contribution in [2.24, 2.45) is 0 Å². The zero-order valence-corrected chi connectivity index (χ0v) is 12.7. The lowest BCUT2D eigenvalue weighted by molar-refractivity contribution is 0.706. The van der Waals surface area contributed by atoms with E-state index < -0.39 is 0 Å². The predicted molar refractivity (Wildman–Crippen MR) is 76.7 cm³/mol. The Hall–Kier alpha value is -0.160. The standard InChI is InChI=1S/C12H14BrNS2/c1-7-4-10(16-12(7)13)11(14-3)9-5-8(2)15-6-9/h4-6,11,14H,1-3H3. The summed E-state index contributed by atoms with van der Waals surface area (Å²) >= 11 is 7.20. The van der Waals surface area contributed by atoms with E-state index in [-0.39, 0.29) is 0 Å². The van der Waals surface area contributed by atoms with Gasteiger partial charge in [0.1, 0.15) is 0 Å². The minimum Gasteiger partial charge on any atom is -0.309 e. The molecular weight excluding hydrogens is 302 g/mol. The van der Waals surface area contributed by atoms with Gasteiger partial charge in [0.2, 0.25) is 0 Å². The third-order valence-electron chi connectivity index (χ3n) is 2.53. The third kappa shape index (κ3) is 2.40. The molecule has 0 aromatic carbocycles. The molecule has 0 spiro atoms. The molecule has 1 unspecified atom stereocenters. The molecule has 1 N–H and O–H groups in total. The lowest BCUT2D eigenvalue weighted by Gasteiger charge is -2.12. The predicted octanol–water partition coefficient (Wildman–Crippen LogP) is 4.50. The van der Waals surface area contributed by atoms with Crippen molar-refractivity contribution in [2.45, 2.75) is 19.9 Å². The molecule has 0 saturated carbocycles. The van der Waals surface area contributed by atoms with Crippen molar-refractivity contribution in [2.75, 3.05) is 7.05 Å². The first-order chi connectivity index (χ1) is 7.61. The van der Waals surface area contributed by atoms with Gasteiger partial charge < -0.3 is 5.32 Å². The van der Waals surface area contributed by atoms with E-state index in [1.54, 1.807) is 11.3 Å². The first-order valence-electron chi connectivity index (χ1n) is 5.10. The second kappa shape index (κ2) is 5.00. The second-order valence-electron chi connectivity index (χ2n) is 3.82. The fourth-order valence-electron chi connectivity index (χ4n) is 1.71. The minimum atomic E-state index is 0.319. The van der Waals surface area contributed by atoms with Gasteiger partial charge in [-0.2, -0.15) is 0 Å². The molecule has 16 heavy (non-hydrogen) atoms. The van der Waals surface area contributed by atoms with Crippen molar-refractivity contribution >= 4 is 38.6 Å². The Labute approximate surface area is 113 Å². The molecule has 0 saturated heterocycles. The van der Waals surface area contributed by atoms with Gasteiger partial charge in [-0.25, -0.2) is 0 Å². The number of aryl methyl sites for hydroxylation is 2. The van der Waals surface area contributed by atoms with Crippen LogP contribution in [0.15, 0.2) is 21.3 Å². The maximum Gasteiger partial charge on any atom is 0.0731 e. The van der Waals surface area contributed by atoms with E-state index in [0.717, 1.165) is 0 Å². The number of nitrogens with one attached hydrogen (secondary N) is 1. The maximum atomic E-state index is 3.58. The van der Waals surface area contributed by atoms with Crippen LogP contribution in [-0.4, -0.2) is 7.05 Å². The lowest BCUT2D eigenvalue weighted by atomic mass is 10.1. The van der Waals surface area contributed by atoms with Crippen LogP contribution in [0.1, 0.15) is 26.9 Å². The van der Waals surface area contributed by atoms with Gasteiger partial charge in [-0.05, 0) is 65.5 Å². The summed E-state index contributed by atoms with van der Waals surface area (Å²) in [5.41, 5.74) is 2.67. The smallest absolute Gasteiger partial charge is 0.0731 e. The van der Waals surface area contributed by atoms with Crippen LogP contribution in [0, 0.1) is 13.8 Å². The summed E-state index contributed by atoms with van der Waals surface area (Å²) in [7, 11) is 2.01. The van der Waals surface area contributed by atoms with Crippen LogP contribution in [0.3, 0.4) is 0 Å². The quantitative estimate of drug-likeness (QED) is 0.879. The van der Waals surface area contributed by atoms with E-state index in [4.69, 9.17) is 0 Å². The van der Waals surface area contributed by atoms with Crippen molar-refractivity contribution in [3.63, 3.8) is 0 Å². The zero-order valence-electron chi connectivity index (χ0n) is 9.50. The Bertz CT molecular complexity index is 467. The molecule has 2 heterocycles. The molecule has 0 amide bonds. The van der Waals surface area contributed by atoms with Crippen LogP contribution in [0.5, 0.6) is 0 Å². The molecule has 0 fully saturated rings. The number of hydrogen-bond acceptors (Lipinski definition) is 3. The monoisotopic (exact) mass is 315 g/mol. The number of halogens is 1. The largest absolute Gasteiger partial charge is 0.309 e. The fraction of sp³-hybridized carbons (Fsp3) is 0.333. The number of hydrogen-bond donors (Lipinski definition) is 1. The fourth-order valence-corrected chi connectivity index (χ4v) is 4.15. The van der Waals surface area contributed by atoms with Gasteiger partial charge in [0.15, 0.2) is 0 Å². The summed E-state index contributed by atoms with van der Waals surface area (Å²) < 4.78 is 1.23. The van der Waals surface area contributed by atoms with E-state index >= 15 is 0 Å². The highest BCUT2D eigenvalue weighted by atomic mass is 79.9. The molecule has 4 heteroatoms. The highest BCUT2D eigenvalue weighted by molar-refractivity contribution is 9.11. The molecule has 86 valence electrons. The minimum absolute atomic E-state index is 0.319. The summed E-state index contributed by atoms with van der Waals surface area (Å²) in [4.78, 5) is 2.73. The first kappa shape index (κ1) is 12.3. The Morgan fingerprint density at radius 2 is 2.06 bits per heavy atom. The first-order valence-corrected chi connectivity index (χ1v) is 7.59. The maximum absolute atomic E-state index is 3.58. The molecule has 0 aliphatic heterocycles. The highest BCUT2D eigenvalue weighted by Crippen LogP contribution is 2.35. The SMILES string of the molecule is CNC(c1csc(C)c1)c1cc(C)c(Br)s1. The molecule has 2 aromatic heterocycles. The third-order valence-corrected chi connectivity index (χ3v) is 5.61. The second-order valence-corrected chi connectivity index (χ2v) is 7.33. The summed E-state index contributed by atoms with van der Waals surface area (Å²) in [6.07, 6.45) is 0. The molecule has 2 rings (SSSR count). The van der Waals surface area contributed by atoms with E-state index in [2.05, 4.69) is 52.6 Å². The normalized spacial score (nSPS) is 13.0. The van der Waals surface area contributed by atoms with Gasteiger partial charge in [0.05, 0.1) is 9.83 Å². The Kier molecular flexibility index (Phi) is 3.85. The lowest BCUT2D eigenvalue weighted by Crippen LogP contribution is -2.15. The van der Waals surface area contributed by atoms with Gasteiger partial charge in [-0.15, -0.1) is 22.7 Å². The van der Waals surface area contributed by atoms with E-state index in [0.29, 0.717) is 6.04 Å². The summed E-state index contributed by atoms with van der Waals surface area (Å²) in [5.74, 6) is 0. The molecule has 1 nitrogen and oxygen atoms in total. The topological polar surface area (TPSA) is 12.0 Å². The van der Waals surface area contributed by atoms with E-state index in [9.17, 15) is 0 Å². The highest BCUT2D eigenvalue weighted by Gasteiger charge is 2.16. The molecule has 1 atom stereocenters. The van der Waals surface area contributed by atoms with Gasteiger partial charge in [0.25, 0.3) is 0 Å². The summed E-state index contributed by atoms with van der Waals surface area (Å²) in [5, 5.41) is 5.62. The van der Waals surface area contributed by atoms with Gasteiger partial charge in [-0.1, -0.05) is 0 Å². The number of rotatable bonds is 3. The van der Waals surface area contributed by atoms with Crippen molar-refractivity contribution in [1.29, 1.82) is 0 Å². The average molecular weight is 316 g/mol. The van der Waals surface area contributed by atoms with Crippen molar-refractivity contribution < 1.29 is 0 Å². The Morgan fingerprint density at radius 3 is 2.50 bits per heavy atom. The van der Waals surface area contributed by atoms with Crippen molar-refractivity contribution in [3.8, 4) is 0 Å². The molecule has 0 bridgehead atoms. The molecule has 0 aliphatic rings. The molecule has 0 aliphatic carbocycles. The van der Waals surface area contributed by atoms with E-state index in [1.807, 2.05) is 18.4 Å². The van der Waals surface area contributed by atoms with Gasteiger partial charge in [-0.3, -0.25) is 0 Å². The summed E-state index contributed by atoms with van der Waals surface area (Å²) in [6.45, 7) is 4.28. The van der Waals surface area contributed by atoms with Crippen LogP contribution < -0.4 is 5.32 Å². The van der Waals surface area contributed by atoms with Crippen LogP contribution in [0.4, 0.5) is 0 Å². The van der Waals surface area contributed by atoms with E-state index in [1.165, 1.54) is 24.7 Å². The molecule has 2 aromatic rings. The summed E-state index contributed by atoms with van der Waals surface area (Å²) in [6, 6.07) is 4.83. The van der Waals surface area contributed by atoms with Crippen LogP contribution in [0.25, 0.3) is 0 Å². The van der Waals surface area contributed by atoms with Crippen LogP contribution in [0.2, 0.25) is 0 Å². The van der Waals surface area contributed by atoms with Gasteiger partial charge in [0, 0.05) is 9.75 Å². The van der Waals surface area contributed by atoms with Crippen molar-refractivity contribution in [3.05, 3.63) is 42.2 Å². The van der Waals surface area contributed by atoms with Crippen LogP contribution >= 0.6 is 38.6 Å². The Morgan fingerprint density at radius 1 is 1.31 bits per heavy atom. The van der Waals surface area contributed by atoms with Gasteiger partial charge >= 0.3 is 0 Å². The van der Waals surface area contributed by atoms with Crippen LogP contribution in [-0.2, 0) is 0 Å². The van der Waals surface area contributed by atoms with Crippen molar-refractivity contribution in [1.82, 2.24) is 5.32 Å². The average Bonchev–Trinajstić information content (AvgIpc) is 2.77. The molecule has 0 radical (unpaired) electrons. The Balaban J connectivity index is 2.36. The zero-order chi connectivity index (χ0) is 11.7. The molecular formula is C12H14BrNS2. The number of thiophene rings is 2.